The zero-order chi connectivity index (χ0) is 20.1. The number of benzene rings is 3. The van der Waals surface area contributed by atoms with Crippen molar-refractivity contribution in [2.75, 3.05) is 6.54 Å². The molecule has 3 nitrogen and oxygen atoms in total. The van der Waals surface area contributed by atoms with Crippen molar-refractivity contribution in [3.63, 3.8) is 0 Å². The average Bonchev–Trinajstić information content (AvgIpc) is 3.30. The van der Waals surface area contributed by atoms with E-state index < -0.39 is 0 Å². The van der Waals surface area contributed by atoms with Gasteiger partial charge in [-0.3, -0.25) is 4.79 Å². The fourth-order valence-electron chi connectivity index (χ4n) is 3.70. The number of fused-ring (bicyclic) bond motifs is 1. The van der Waals surface area contributed by atoms with Gasteiger partial charge in [0, 0.05) is 10.4 Å². The number of hydrogen-bond donors (Lipinski definition) is 2. The van der Waals surface area contributed by atoms with Gasteiger partial charge in [-0.1, -0.05) is 78.9 Å². The summed E-state index contributed by atoms with van der Waals surface area (Å²) >= 11 is 1.67. The molecule has 0 bridgehead atoms. The smallest absolute Gasteiger partial charge is 0.275 e. The summed E-state index contributed by atoms with van der Waals surface area (Å²) in [4.78, 5) is 13.9. The van der Waals surface area contributed by atoms with E-state index in [9.17, 15) is 4.79 Å². The molecule has 0 fully saturated rings. The third-order valence-electron chi connectivity index (χ3n) is 5.24. The number of nitrogens with one attached hydrogen (secondary N) is 1. The second-order valence-electron chi connectivity index (χ2n) is 7.22. The monoisotopic (exact) mass is 401 g/mol. The van der Waals surface area contributed by atoms with Gasteiger partial charge in [0.25, 0.3) is 5.91 Å². The van der Waals surface area contributed by atoms with Crippen molar-refractivity contribution in [2.24, 2.45) is 0 Å². The molecule has 3 aromatic carbocycles. The Labute approximate surface area is 175 Å². The maximum absolute atomic E-state index is 12.8. The molecule has 1 amide bonds. The molecule has 1 aromatic heterocycles. The summed E-state index contributed by atoms with van der Waals surface area (Å²) in [5.41, 5.74) is 2.36. The van der Waals surface area contributed by atoms with E-state index in [1.54, 1.807) is 11.3 Å². The molecule has 0 aliphatic rings. The average molecular weight is 402 g/mol. The quantitative estimate of drug-likeness (QED) is 0.473. The predicted molar refractivity (Wildman–Crippen MR) is 120 cm³/mol. The number of hydrogen-bond acceptors (Lipinski definition) is 2. The molecule has 0 aliphatic carbocycles. The first kappa shape index (κ1) is 19.4. The van der Waals surface area contributed by atoms with Gasteiger partial charge in [-0.05, 0) is 34.7 Å². The molecule has 0 saturated carbocycles. The standard InChI is InChI=1S/C25H24N2OS/c1-18(21-14-7-12-19-9-5-6-13-22(19)21)26-17-24(28)27-25(23-15-8-16-29-23)20-10-3-2-4-11-20/h2-16,18,25-26H,17H2,1H3,(H,27,28)/p+1/t18-,25+/m0/s1. The van der Waals surface area contributed by atoms with Crippen molar-refractivity contribution in [3.05, 3.63) is 106 Å². The lowest BCUT2D eigenvalue weighted by Gasteiger charge is -2.19. The Hall–Kier alpha value is -2.95. The summed E-state index contributed by atoms with van der Waals surface area (Å²) < 4.78 is 0. The third-order valence-corrected chi connectivity index (χ3v) is 6.17. The molecule has 4 rings (SSSR count). The van der Waals surface area contributed by atoms with Crippen LogP contribution in [-0.4, -0.2) is 12.5 Å². The Morgan fingerprint density at radius 2 is 1.69 bits per heavy atom. The van der Waals surface area contributed by atoms with Crippen LogP contribution in [0.2, 0.25) is 0 Å². The van der Waals surface area contributed by atoms with E-state index in [2.05, 4.69) is 78.2 Å². The van der Waals surface area contributed by atoms with Crippen LogP contribution in [0.15, 0.2) is 90.3 Å². The molecular formula is C25H25N2OS+. The van der Waals surface area contributed by atoms with Gasteiger partial charge in [0.1, 0.15) is 6.04 Å². The first-order chi connectivity index (χ1) is 14.2. The second kappa shape index (κ2) is 9.03. The van der Waals surface area contributed by atoms with Crippen molar-refractivity contribution in [3.8, 4) is 0 Å². The molecule has 4 heteroatoms. The third kappa shape index (κ3) is 4.56. The van der Waals surface area contributed by atoms with Crippen LogP contribution >= 0.6 is 11.3 Å². The molecular weight excluding hydrogens is 376 g/mol. The zero-order valence-electron chi connectivity index (χ0n) is 16.4. The number of thiophene rings is 1. The first-order valence-corrected chi connectivity index (χ1v) is 10.8. The number of rotatable bonds is 7. The van der Waals surface area contributed by atoms with Gasteiger partial charge in [-0.25, -0.2) is 0 Å². The lowest BCUT2D eigenvalue weighted by atomic mass is 10.00. The van der Waals surface area contributed by atoms with Gasteiger partial charge < -0.3 is 10.6 Å². The Morgan fingerprint density at radius 1 is 0.931 bits per heavy atom. The van der Waals surface area contributed by atoms with Crippen LogP contribution < -0.4 is 10.6 Å². The Morgan fingerprint density at radius 3 is 2.48 bits per heavy atom. The number of quaternary nitrogens is 1. The minimum Gasteiger partial charge on any atom is -0.339 e. The number of nitrogens with two attached hydrogens (primary N) is 1. The summed E-state index contributed by atoms with van der Waals surface area (Å²) in [6, 6.07) is 29.1. The van der Waals surface area contributed by atoms with Gasteiger partial charge >= 0.3 is 0 Å². The molecule has 4 aromatic rings. The van der Waals surface area contributed by atoms with E-state index in [1.807, 2.05) is 29.6 Å². The predicted octanol–water partition coefficient (Wildman–Crippen LogP) is 4.43. The van der Waals surface area contributed by atoms with Crippen molar-refractivity contribution in [2.45, 2.75) is 19.0 Å². The normalized spacial score (nSPS) is 13.1. The highest BCUT2D eigenvalue weighted by molar-refractivity contribution is 7.10. The Kier molecular flexibility index (Phi) is 6.03. The van der Waals surface area contributed by atoms with E-state index >= 15 is 0 Å². The maximum Gasteiger partial charge on any atom is 0.275 e. The minimum atomic E-state index is -0.107. The van der Waals surface area contributed by atoms with E-state index in [-0.39, 0.29) is 18.0 Å². The van der Waals surface area contributed by atoms with Crippen molar-refractivity contribution in [1.82, 2.24) is 5.32 Å². The van der Waals surface area contributed by atoms with Crippen molar-refractivity contribution in [1.29, 1.82) is 0 Å². The number of amides is 1. The van der Waals surface area contributed by atoms with Crippen LogP contribution in [0.3, 0.4) is 0 Å². The molecule has 0 aliphatic heterocycles. The van der Waals surface area contributed by atoms with Gasteiger partial charge in [0.2, 0.25) is 0 Å². The summed E-state index contributed by atoms with van der Waals surface area (Å²) in [5.74, 6) is 0.0411. The molecule has 29 heavy (non-hydrogen) atoms. The van der Waals surface area contributed by atoms with Crippen molar-refractivity contribution < 1.29 is 10.1 Å². The Bertz CT molecular complexity index is 1070. The lowest BCUT2D eigenvalue weighted by molar-refractivity contribution is -0.682. The summed E-state index contributed by atoms with van der Waals surface area (Å²) in [6.07, 6.45) is 0. The minimum absolute atomic E-state index is 0.0411. The molecule has 0 unspecified atom stereocenters. The number of carbonyl (C=O) groups excluding carboxylic acids is 1. The molecule has 3 N–H and O–H groups in total. The molecule has 1 heterocycles. The van der Waals surface area contributed by atoms with Crippen LogP contribution in [0.4, 0.5) is 0 Å². The zero-order valence-corrected chi connectivity index (χ0v) is 17.2. The highest BCUT2D eigenvalue weighted by atomic mass is 32.1. The van der Waals surface area contributed by atoms with Gasteiger partial charge in [0.15, 0.2) is 6.54 Å². The molecule has 2 atom stereocenters. The van der Waals surface area contributed by atoms with E-state index in [0.717, 1.165) is 10.4 Å². The van der Waals surface area contributed by atoms with Gasteiger partial charge in [-0.15, -0.1) is 11.3 Å². The highest BCUT2D eigenvalue weighted by Gasteiger charge is 2.20. The first-order valence-electron chi connectivity index (χ1n) is 9.91. The topological polar surface area (TPSA) is 45.7 Å². The molecule has 146 valence electrons. The van der Waals surface area contributed by atoms with Crippen LogP contribution in [-0.2, 0) is 4.79 Å². The van der Waals surface area contributed by atoms with Crippen LogP contribution in [0, 0.1) is 0 Å². The van der Waals surface area contributed by atoms with Gasteiger partial charge in [0.05, 0.1) is 6.04 Å². The fourth-order valence-corrected chi connectivity index (χ4v) is 4.50. The summed E-state index contributed by atoms with van der Waals surface area (Å²) in [5, 5.41) is 9.86. The van der Waals surface area contributed by atoms with E-state index in [0.29, 0.717) is 6.54 Å². The summed E-state index contributed by atoms with van der Waals surface area (Å²) in [7, 11) is 0. The van der Waals surface area contributed by atoms with Crippen molar-refractivity contribution >= 4 is 28.0 Å². The van der Waals surface area contributed by atoms with Crippen LogP contribution in [0.5, 0.6) is 0 Å². The molecule has 0 radical (unpaired) electrons. The van der Waals surface area contributed by atoms with E-state index in [1.165, 1.54) is 16.3 Å². The summed E-state index contributed by atoms with van der Waals surface area (Å²) in [6.45, 7) is 2.54. The lowest BCUT2D eigenvalue weighted by Crippen LogP contribution is -2.87. The van der Waals surface area contributed by atoms with E-state index in [4.69, 9.17) is 0 Å². The second-order valence-corrected chi connectivity index (χ2v) is 8.20. The Balaban J connectivity index is 1.45. The van der Waals surface area contributed by atoms with Gasteiger partial charge in [-0.2, -0.15) is 0 Å². The highest BCUT2D eigenvalue weighted by Crippen LogP contribution is 2.26. The van der Waals surface area contributed by atoms with Crippen LogP contribution in [0.1, 0.15) is 35.0 Å². The largest absolute Gasteiger partial charge is 0.339 e. The molecule has 0 saturated heterocycles. The molecule has 0 spiro atoms. The number of carbonyl (C=O) groups is 1. The maximum atomic E-state index is 12.8. The fraction of sp³-hybridized carbons (Fsp3) is 0.160. The SMILES string of the molecule is C[C@H]([NH2+]CC(=O)N[C@H](c1ccccc1)c1cccs1)c1cccc2ccccc12. The van der Waals surface area contributed by atoms with Crippen LogP contribution in [0.25, 0.3) is 10.8 Å².